The van der Waals surface area contributed by atoms with Gasteiger partial charge >= 0.3 is 0 Å². The molecule has 2 aromatic carbocycles. The Labute approximate surface area is 172 Å². The van der Waals surface area contributed by atoms with E-state index in [1.54, 1.807) is 12.1 Å². The van der Waals surface area contributed by atoms with Crippen LogP contribution >= 0.6 is 0 Å². The van der Waals surface area contributed by atoms with Crippen LogP contribution in [0.1, 0.15) is 55.9 Å². The Kier molecular flexibility index (Phi) is 5.16. The van der Waals surface area contributed by atoms with Crippen molar-refractivity contribution in [2.45, 2.75) is 50.9 Å². The van der Waals surface area contributed by atoms with Crippen molar-refractivity contribution < 1.29 is 20.1 Å². The van der Waals surface area contributed by atoms with Crippen LogP contribution in [0.25, 0.3) is 0 Å². The first-order chi connectivity index (χ1) is 13.5. The fourth-order valence-electron chi connectivity index (χ4n) is 3.80. The van der Waals surface area contributed by atoms with E-state index in [1.165, 1.54) is 6.07 Å². The lowest BCUT2D eigenvalue weighted by Gasteiger charge is -2.30. The van der Waals surface area contributed by atoms with E-state index < -0.39 is 5.41 Å². The third-order valence-electron chi connectivity index (χ3n) is 6.08. The lowest BCUT2D eigenvalue weighted by atomic mass is 9.79. The van der Waals surface area contributed by atoms with Crippen LogP contribution in [-0.2, 0) is 17.3 Å². The van der Waals surface area contributed by atoms with E-state index in [1.807, 2.05) is 45.9 Å². The van der Waals surface area contributed by atoms with Crippen molar-refractivity contribution in [3.05, 3.63) is 71.8 Å². The molecule has 0 aromatic heterocycles. The minimum atomic E-state index is -0.438. The Hall–Kier alpha value is -2.88. The van der Waals surface area contributed by atoms with Gasteiger partial charge in [-0.05, 0) is 24.1 Å². The molecule has 3 rings (SSSR count). The molecule has 0 saturated carbocycles. The number of hydrogen-bond acceptors (Lipinski definition) is 4. The van der Waals surface area contributed by atoms with Crippen LogP contribution in [0.2, 0.25) is 0 Å². The molecule has 0 spiro atoms. The normalized spacial score (nSPS) is 16.6. The lowest BCUT2D eigenvalue weighted by molar-refractivity contribution is 0.257. The molecule has 2 aromatic rings. The highest BCUT2D eigenvalue weighted by molar-refractivity contribution is 5.54. The Morgan fingerprint density at radius 1 is 0.862 bits per heavy atom. The van der Waals surface area contributed by atoms with Crippen molar-refractivity contribution in [3.63, 3.8) is 0 Å². The summed E-state index contributed by atoms with van der Waals surface area (Å²) in [5.74, 6) is 0.871. The molecule has 1 aliphatic heterocycles. The van der Waals surface area contributed by atoms with Gasteiger partial charge in [0.15, 0.2) is 0 Å². The van der Waals surface area contributed by atoms with E-state index in [0.717, 1.165) is 16.7 Å². The summed E-state index contributed by atoms with van der Waals surface area (Å²) in [7, 11) is 0. The largest absolute Gasteiger partial charge is 0.508 e. The van der Waals surface area contributed by atoms with Gasteiger partial charge in [-0.2, -0.15) is 0 Å². The first kappa shape index (κ1) is 20.8. The summed E-state index contributed by atoms with van der Waals surface area (Å²) in [4.78, 5) is 0. The number of ether oxygens (including phenoxy) is 1. The van der Waals surface area contributed by atoms with Crippen molar-refractivity contribution in [1.82, 2.24) is 0 Å². The predicted octanol–water partition coefficient (Wildman–Crippen LogP) is 5.45. The number of benzene rings is 2. The second kappa shape index (κ2) is 7.18. The second-order valence-electron chi connectivity index (χ2n) is 8.97. The summed E-state index contributed by atoms with van der Waals surface area (Å²) >= 11 is 0. The van der Waals surface area contributed by atoms with E-state index in [0.29, 0.717) is 24.3 Å². The molecule has 1 heterocycles. The molecule has 0 aliphatic carbocycles. The van der Waals surface area contributed by atoms with Crippen molar-refractivity contribution in [1.29, 1.82) is 0 Å². The fraction of sp³-hybridized carbons (Fsp3) is 0.360. The standard InChI is InChI=1S/C25H30O4/c1-7-24(3,4)18-10-15-9-16(14-29-23(15)13-22(18)28)17-11-19(25(5,6)8-2)21(27)12-20(17)26/h7-8,10-13,16,26-28H,1-2,9,14H2,3-6H3. The van der Waals surface area contributed by atoms with Crippen molar-refractivity contribution in [2.75, 3.05) is 6.61 Å². The van der Waals surface area contributed by atoms with Gasteiger partial charge in [0.1, 0.15) is 23.0 Å². The van der Waals surface area contributed by atoms with Gasteiger partial charge in [0.2, 0.25) is 0 Å². The van der Waals surface area contributed by atoms with Gasteiger partial charge in [-0.3, -0.25) is 0 Å². The van der Waals surface area contributed by atoms with Crippen LogP contribution < -0.4 is 4.74 Å². The van der Waals surface area contributed by atoms with Crippen molar-refractivity contribution >= 4 is 0 Å². The quantitative estimate of drug-likeness (QED) is 0.590. The highest BCUT2D eigenvalue weighted by Gasteiger charge is 2.30. The van der Waals surface area contributed by atoms with Gasteiger partial charge in [0.25, 0.3) is 0 Å². The molecule has 154 valence electrons. The summed E-state index contributed by atoms with van der Waals surface area (Å²) in [5, 5.41) is 31.3. The average Bonchev–Trinajstić information content (AvgIpc) is 2.67. The Morgan fingerprint density at radius 2 is 1.41 bits per heavy atom. The molecule has 4 nitrogen and oxygen atoms in total. The third kappa shape index (κ3) is 3.71. The van der Waals surface area contributed by atoms with Gasteiger partial charge in [0, 0.05) is 45.6 Å². The molecule has 0 fully saturated rings. The van der Waals surface area contributed by atoms with Gasteiger partial charge < -0.3 is 20.1 Å². The summed E-state index contributed by atoms with van der Waals surface area (Å²) < 4.78 is 5.93. The number of rotatable bonds is 5. The molecule has 3 N–H and O–H groups in total. The lowest BCUT2D eigenvalue weighted by Crippen LogP contribution is -2.22. The van der Waals surface area contributed by atoms with E-state index in [4.69, 9.17) is 4.74 Å². The molecule has 1 atom stereocenters. The maximum absolute atomic E-state index is 10.5. The first-order valence-electron chi connectivity index (χ1n) is 9.83. The molecule has 4 heteroatoms. The zero-order valence-corrected chi connectivity index (χ0v) is 17.6. The SMILES string of the molecule is C=CC(C)(C)c1cc2c(cc1O)OCC(c1cc(C(C)(C)C=C)c(O)cc1O)C2. The maximum Gasteiger partial charge on any atom is 0.126 e. The Bertz CT molecular complexity index is 969. The zero-order chi connectivity index (χ0) is 21.6. The third-order valence-corrected chi connectivity index (χ3v) is 6.08. The van der Waals surface area contributed by atoms with Gasteiger partial charge in [0.05, 0.1) is 6.61 Å². The van der Waals surface area contributed by atoms with Crippen LogP contribution in [0.5, 0.6) is 23.0 Å². The highest BCUT2D eigenvalue weighted by Crippen LogP contribution is 2.44. The minimum absolute atomic E-state index is 0.0493. The zero-order valence-electron chi connectivity index (χ0n) is 17.6. The second-order valence-corrected chi connectivity index (χ2v) is 8.97. The van der Waals surface area contributed by atoms with E-state index >= 15 is 0 Å². The fourth-order valence-corrected chi connectivity index (χ4v) is 3.80. The first-order valence-corrected chi connectivity index (χ1v) is 9.83. The topological polar surface area (TPSA) is 69.9 Å². The van der Waals surface area contributed by atoms with Crippen LogP contribution in [0, 0.1) is 0 Å². The monoisotopic (exact) mass is 394 g/mol. The number of allylic oxidation sites excluding steroid dienone is 2. The molecule has 0 amide bonds. The molecule has 29 heavy (non-hydrogen) atoms. The predicted molar refractivity (Wildman–Crippen MR) is 116 cm³/mol. The average molecular weight is 395 g/mol. The van der Waals surface area contributed by atoms with Gasteiger partial charge in [-0.25, -0.2) is 0 Å². The van der Waals surface area contributed by atoms with Crippen LogP contribution in [0.3, 0.4) is 0 Å². The number of phenols is 3. The minimum Gasteiger partial charge on any atom is -0.508 e. The number of aromatic hydroxyl groups is 3. The molecular formula is C25H30O4. The summed E-state index contributed by atoms with van der Waals surface area (Å²) in [6.07, 6.45) is 4.25. The molecule has 0 saturated heterocycles. The van der Waals surface area contributed by atoms with E-state index in [2.05, 4.69) is 13.2 Å². The summed E-state index contributed by atoms with van der Waals surface area (Å²) in [6.45, 7) is 16.0. The van der Waals surface area contributed by atoms with Crippen molar-refractivity contribution in [2.24, 2.45) is 0 Å². The van der Waals surface area contributed by atoms with Crippen molar-refractivity contribution in [3.8, 4) is 23.0 Å². The number of hydrogen-bond donors (Lipinski definition) is 3. The van der Waals surface area contributed by atoms with Gasteiger partial charge in [-0.1, -0.05) is 39.8 Å². The number of phenolic OH excluding ortho intramolecular Hbond substituents is 3. The maximum atomic E-state index is 10.5. The molecule has 0 bridgehead atoms. The van der Waals surface area contributed by atoms with Gasteiger partial charge in [-0.15, -0.1) is 13.2 Å². The Balaban J connectivity index is 2.03. The summed E-state index contributed by atoms with van der Waals surface area (Å²) in [5.41, 5.74) is 2.39. The molecule has 0 radical (unpaired) electrons. The van der Waals surface area contributed by atoms with E-state index in [9.17, 15) is 15.3 Å². The Morgan fingerprint density at radius 3 is 2.00 bits per heavy atom. The van der Waals surface area contributed by atoms with Crippen LogP contribution in [-0.4, -0.2) is 21.9 Å². The molecule has 1 aliphatic rings. The molecule has 1 unspecified atom stereocenters. The van der Waals surface area contributed by atoms with E-state index in [-0.39, 0.29) is 28.6 Å². The van der Waals surface area contributed by atoms with Crippen LogP contribution in [0.15, 0.2) is 49.6 Å². The van der Waals surface area contributed by atoms with Crippen LogP contribution in [0.4, 0.5) is 0 Å². The highest BCUT2D eigenvalue weighted by atomic mass is 16.5. The molecular weight excluding hydrogens is 364 g/mol. The number of fused-ring (bicyclic) bond motifs is 1. The smallest absolute Gasteiger partial charge is 0.126 e. The summed E-state index contributed by atoms with van der Waals surface area (Å²) in [6, 6.07) is 6.87.